The number of allylic oxidation sites excluding steroid dienone is 2. The van der Waals surface area contributed by atoms with Crippen LogP contribution in [0.4, 0.5) is 5.69 Å². The number of fused-ring (bicyclic) bond motifs is 3. The molecule has 2 aliphatic rings. The minimum Gasteiger partial charge on any atom is -0.481 e. The van der Waals surface area contributed by atoms with Gasteiger partial charge in [-0.2, -0.15) is 0 Å². The predicted octanol–water partition coefficient (Wildman–Crippen LogP) is 5.18. The van der Waals surface area contributed by atoms with Crippen LogP contribution in [0.2, 0.25) is 0 Å². The number of carboxylic acid groups (broad SMARTS) is 1. The van der Waals surface area contributed by atoms with Crippen molar-refractivity contribution in [3.8, 4) is 0 Å². The number of anilines is 1. The van der Waals surface area contributed by atoms with Crippen molar-refractivity contribution in [3.63, 3.8) is 0 Å². The maximum absolute atomic E-state index is 12.6. The maximum atomic E-state index is 12.6. The van der Waals surface area contributed by atoms with Crippen molar-refractivity contribution in [3.05, 3.63) is 113 Å². The van der Waals surface area contributed by atoms with Crippen LogP contribution in [0.25, 0.3) is 0 Å². The minimum absolute atomic E-state index is 0.0896. The molecule has 0 saturated carbocycles. The number of aliphatic carboxylic acids is 1. The number of nitrogens with one attached hydrogen (secondary N) is 2. The van der Waals surface area contributed by atoms with Gasteiger partial charge in [0.25, 0.3) is 5.91 Å². The first-order valence-electron chi connectivity index (χ1n) is 11.8. The van der Waals surface area contributed by atoms with Gasteiger partial charge in [0.2, 0.25) is 0 Å². The summed E-state index contributed by atoms with van der Waals surface area (Å²) in [6.45, 7) is 0.118. The number of amides is 1. The summed E-state index contributed by atoms with van der Waals surface area (Å²) < 4.78 is 0. The van der Waals surface area contributed by atoms with Gasteiger partial charge in [0.15, 0.2) is 0 Å². The van der Waals surface area contributed by atoms with E-state index in [-0.39, 0.29) is 36.8 Å². The molecule has 0 unspecified atom stereocenters. The van der Waals surface area contributed by atoms with Crippen LogP contribution in [0.5, 0.6) is 0 Å². The van der Waals surface area contributed by atoms with Crippen LogP contribution < -0.4 is 10.6 Å². The van der Waals surface area contributed by atoms with Gasteiger partial charge in [-0.1, -0.05) is 72.8 Å². The second kappa shape index (κ2) is 9.56. The van der Waals surface area contributed by atoms with Crippen LogP contribution in [0.1, 0.15) is 51.7 Å². The molecule has 1 heterocycles. The molecule has 1 aliphatic heterocycles. The highest BCUT2D eigenvalue weighted by molar-refractivity contribution is 5.95. The van der Waals surface area contributed by atoms with E-state index in [1.807, 2.05) is 18.2 Å². The Balaban J connectivity index is 1.48. The van der Waals surface area contributed by atoms with Gasteiger partial charge in [-0.3, -0.25) is 9.59 Å². The van der Waals surface area contributed by atoms with Gasteiger partial charge in [-0.25, -0.2) is 0 Å². The zero-order valence-electron chi connectivity index (χ0n) is 18.9. The fraction of sp³-hybridized carbons (Fsp3) is 0.241. The Bertz CT molecular complexity index is 1170. The number of rotatable bonds is 7. The van der Waals surface area contributed by atoms with Crippen LogP contribution in [0.15, 0.2) is 91.0 Å². The lowest BCUT2D eigenvalue weighted by Gasteiger charge is -2.42. The first-order chi connectivity index (χ1) is 16.6. The van der Waals surface area contributed by atoms with Crippen LogP contribution in [-0.4, -0.2) is 29.6 Å². The van der Waals surface area contributed by atoms with Gasteiger partial charge in [-0.05, 0) is 47.2 Å². The Morgan fingerprint density at radius 3 is 2.29 bits per heavy atom. The maximum Gasteiger partial charge on any atom is 0.305 e. The number of benzene rings is 3. The first kappa shape index (κ1) is 22.0. The van der Waals surface area contributed by atoms with Gasteiger partial charge >= 0.3 is 5.97 Å². The molecule has 3 N–H and O–H groups in total. The molecule has 3 aromatic carbocycles. The molecular formula is C29H28N2O3. The SMILES string of the molecule is O=C(O)CCNC(=O)c1ccc2c(c1)[C@@H]1C=CC[C@@H]1[C@@H](C(c1ccccc1)c1ccccc1)N2. The largest absolute Gasteiger partial charge is 0.481 e. The Kier molecular flexibility index (Phi) is 6.17. The molecule has 172 valence electrons. The molecule has 3 atom stereocenters. The van der Waals surface area contributed by atoms with E-state index in [1.54, 1.807) is 0 Å². The molecule has 1 aliphatic carbocycles. The molecular weight excluding hydrogens is 424 g/mol. The third kappa shape index (κ3) is 4.34. The van der Waals surface area contributed by atoms with Crippen molar-refractivity contribution in [2.75, 3.05) is 11.9 Å². The quantitative estimate of drug-likeness (QED) is 0.432. The lowest BCUT2D eigenvalue weighted by atomic mass is 9.71. The van der Waals surface area contributed by atoms with Gasteiger partial charge < -0.3 is 15.7 Å². The molecule has 0 bridgehead atoms. The molecule has 0 aromatic heterocycles. The van der Waals surface area contributed by atoms with E-state index in [0.717, 1.165) is 17.7 Å². The highest BCUT2D eigenvalue weighted by Crippen LogP contribution is 2.49. The number of carbonyl (C=O) groups is 2. The monoisotopic (exact) mass is 452 g/mol. The molecule has 5 rings (SSSR count). The summed E-state index contributed by atoms with van der Waals surface area (Å²) in [5, 5.41) is 15.4. The molecule has 5 nitrogen and oxygen atoms in total. The van der Waals surface area contributed by atoms with Crippen molar-refractivity contribution < 1.29 is 14.7 Å². The molecule has 3 aromatic rings. The first-order valence-corrected chi connectivity index (χ1v) is 11.8. The van der Waals surface area contributed by atoms with E-state index >= 15 is 0 Å². The fourth-order valence-electron chi connectivity index (χ4n) is 5.42. The standard InChI is InChI=1S/C29H28N2O3/c32-26(33)16-17-30-29(34)21-14-15-25-24(18-21)22-12-7-13-23(22)28(31-25)27(19-8-3-1-4-9-19)20-10-5-2-6-11-20/h1-12,14-15,18,22-23,27-28,31H,13,16-17H2,(H,30,34)(H,32,33)/t22-,23+,28+/m1/s1. The number of carboxylic acids is 1. The van der Waals surface area contributed by atoms with Crippen molar-refractivity contribution >= 4 is 17.6 Å². The van der Waals surface area contributed by atoms with Crippen LogP contribution in [0, 0.1) is 5.92 Å². The second-order valence-electron chi connectivity index (χ2n) is 9.02. The Morgan fingerprint density at radius 2 is 1.65 bits per heavy atom. The highest BCUT2D eigenvalue weighted by Gasteiger charge is 2.41. The average Bonchev–Trinajstić information content (AvgIpc) is 3.36. The van der Waals surface area contributed by atoms with Gasteiger partial charge in [0, 0.05) is 35.7 Å². The van der Waals surface area contributed by atoms with E-state index in [1.165, 1.54) is 11.1 Å². The second-order valence-corrected chi connectivity index (χ2v) is 9.02. The van der Waals surface area contributed by atoms with Crippen molar-refractivity contribution in [2.45, 2.75) is 30.7 Å². The van der Waals surface area contributed by atoms with Gasteiger partial charge in [-0.15, -0.1) is 0 Å². The smallest absolute Gasteiger partial charge is 0.305 e. The van der Waals surface area contributed by atoms with E-state index in [9.17, 15) is 9.59 Å². The van der Waals surface area contributed by atoms with E-state index in [0.29, 0.717) is 11.5 Å². The summed E-state index contributed by atoms with van der Waals surface area (Å²) in [6, 6.07) is 27.3. The average molecular weight is 453 g/mol. The topological polar surface area (TPSA) is 78.4 Å². The predicted molar refractivity (Wildman–Crippen MR) is 133 cm³/mol. The number of hydrogen-bond acceptors (Lipinski definition) is 3. The van der Waals surface area contributed by atoms with E-state index in [2.05, 4.69) is 83.4 Å². The Labute approximate surface area is 199 Å². The van der Waals surface area contributed by atoms with Crippen LogP contribution in [-0.2, 0) is 4.79 Å². The summed E-state index contributed by atoms with van der Waals surface area (Å²) >= 11 is 0. The summed E-state index contributed by atoms with van der Waals surface area (Å²) in [5.41, 5.74) is 5.31. The summed E-state index contributed by atoms with van der Waals surface area (Å²) in [6.07, 6.45) is 5.42. The van der Waals surface area contributed by atoms with Crippen LogP contribution >= 0.6 is 0 Å². The molecule has 5 heteroatoms. The Hall–Kier alpha value is -3.86. The van der Waals surface area contributed by atoms with Crippen LogP contribution in [0.3, 0.4) is 0 Å². The summed E-state index contributed by atoms with van der Waals surface area (Å²) in [4.78, 5) is 23.4. The van der Waals surface area contributed by atoms with Crippen molar-refractivity contribution in [2.24, 2.45) is 5.92 Å². The zero-order valence-corrected chi connectivity index (χ0v) is 18.9. The summed E-state index contributed by atoms with van der Waals surface area (Å²) in [7, 11) is 0. The molecule has 1 amide bonds. The van der Waals surface area contributed by atoms with E-state index < -0.39 is 5.97 Å². The third-order valence-corrected chi connectivity index (χ3v) is 6.97. The number of hydrogen-bond donors (Lipinski definition) is 3. The van der Waals surface area contributed by atoms with Gasteiger partial charge in [0.1, 0.15) is 0 Å². The van der Waals surface area contributed by atoms with Crippen molar-refractivity contribution in [1.29, 1.82) is 0 Å². The zero-order chi connectivity index (χ0) is 23.5. The normalized spacial score (nSPS) is 20.3. The molecule has 34 heavy (non-hydrogen) atoms. The molecule has 0 fully saturated rings. The van der Waals surface area contributed by atoms with E-state index in [4.69, 9.17) is 5.11 Å². The van der Waals surface area contributed by atoms with Gasteiger partial charge in [0.05, 0.1) is 6.42 Å². The molecule has 0 saturated heterocycles. The lowest BCUT2D eigenvalue weighted by molar-refractivity contribution is -0.136. The minimum atomic E-state index is -0.925. The number of carbonyl (C=O) groups excluding carboxylic acids is 1. The highest BCUT2D eigenvalue weighted by atomic mass is 16.4. The molecule has 0 radical (unpaired) electrons. The summed E-state index contributed by atoms with van der Waals surface area (Å²) in [5.74, 6) is -0.379. The lowest BCUT2D eigenvalue weighted by Crippen LogP contribution is -2.41. The third-order valence-electron chi connectivity index (χ3n) is 6.97. The Morgan fingerprint density at radius 1 is 0.971 bits per heavy atom. The molecule has 0 spiro atoms. The fourth-order valence-corrected chi connectivity index (χ4v) is 5.42. The van der Waals surface area contributed by atoms with Crippen molar-refractivity contribution in [1.82, 2.24) is 5.32 Å².